The first kappa shape index (κ1) is 23.6. The summed E-state index contributed by atoms with van der Waals surface area (Å²) in [5, 5.41) is 11.1. The maximum atomic E-state index is 13.1. The lowest BCUT2D eigenvalue weighted by Gasteiger charge is -2.65. The van der Waals surface area contributed by atoms with E-state index < -0.39 is 0 Å². The molecule has 5 aliphatic carbocycles. The first-order valence-electron chi connectivity index (χ1n) is 13.9. The molecule has 184 valence electrons. The molecule has 0 aromatic heterocycles. The van der Waals surface area contributed by atoms with E-state index in [0.29, 0.717) is 47.2 Å². The Hall–Kier alpha value is -1.09. The summed E-state index contributed by atoms with van der Waals surface area (Å²) in [5.74, 6) is 4.95. The third-order valence-corrected chi connectivity index (χ3v) is 11.7. The molecule has 5 aliphatic rings. The largest absolute Gasteiger partial charge is 0.498 e. The van der Waals surface area contributed by atoms with E-state index in [0.717, 1.165) is 19.4 Å². The lowest BCUT2D eigenvalue weighted by atomic mass is 9.39. The zero-order chi connectivity index (χ0) is 23.4. The molecule has 3 heteroatoms. The van der Waals surface area contributed by atoms with E-state index in [1.54, 1.807) is 0 Å². The van der Waals surface area contributed by atoms with Crippen molar-refractivity contribution in [3.05, 3.63) is 24.5 Å². The fourth-order valence-electron chi connectivity index (χ4n) is 10.0. The van der Waals surface area contributed by atoms with Crippen molar-refractivity contribution in [2.75, 3.05) is 13.2 Å². The van der Waals surface area contributed by atoms with Crippen LogP contribution in [0.15, 0.2) is 24.5 Å². The number of hydrogen-bond acceptors (Lipinski definition) is 3. The van der Waals surface area contributed by atoms with Crippen LogP contribution in [-0.2, 0) is 9.53 Å². The molecule has 0 spiro atoms. The summed E-state index contributed by atoms with van der Waals surface area (Å²) in [6.45, 7) is 12.1. The van der Waals surface area contributed by atoms with Gasteiger partial charge in [0.1, 0.15) is 5.78 Å². The Morgan fingerprint density at radius 2 is 2.03 bits per heavy atom. The minimum absolute atomic E-state index is 0.0287. The Morgan fingerprint density at radius 3 is 2.73 bits per heavy atom. The summed E-state index contributed by atoms with van der Waals surface area (Å²) in [5.41, 5.74) is 0.210. The highest BCUT2D eigenvalue weighted by molar-refractivity contribution is 5.82. The molecule has 0 aliphatic heterocycles. The molecular formula is C30H46O3. The van der Waals surface area contributed by atoms with Gasteiger partial charge < -0.3 is 9.84 Å². The topological polar surface area (TPSA) is 46.5 Å². The molecule has 4 saturated carbocycles. The van der Waals surface area contributed by atoms with Gasteiger partial charge in [0, 0.05) is 30.8 Å². The SMILES string of the molecule is C=C[C@H]1CC[C@H]2[C@@H]3C[C@@H](COC4=CCCCC4)[C@H]4[C@H](C)C(=O)C[C@H](C)[C@]4(CO)[C@H]3CC[C@]12C. The van der Waals surface area contributed by atoms with E-state index in [-0.39, 0.29) is 29.8 Å². The first-order valence-corrected chi connectivity index (χ1v) is 13.9. The number of rotatable bonds is 5. The van der Waals surface area contributed by atoms with Gasteiger partial charge in [-0.15, -0.1) is 6.58 Å². The average Bonchev–Trinajstić information content (AvgIpc) is 3.17. The van der Waals surface area contributed by atoms with Crippen LogP contribution in [0.1, 0.15) is 85.0 Å². The number of carbonyl (C=O) groups excluding carboxylic acids is 1. The van der Waals surface area contributed by atoms with Crippen molar-refractivity contribution in [2.24, 2.45) is 58.2 Å². The van der Waals surface area contributed by atoms with Crippen molar-refractivity contribution in [1.82, 2.24) is 0 Å². The molecule has 1 N–H and O–H groups in total. The number of allylic oxidation sites excluding steroid dienone is 3. The van der Waals surface area contributed by atoms with Crippen LogP contribution in [0.2, 0.25) is 0 Å². The fourth-order valence-corrected chi connectivity index (χ4v) is 10.0. The van der Waals surface area contributed by atoms with Gasteiger partial charge in [-0.1, -0.05) is 26.8 Å². The molecule has 10 atom stereocenters. The number of fused-ring (bicyclic) bond motifs is 5. The normalized spacial score (nSPS) is 49.5. The van der Waals surface area contributed by atoms with Crippen LogP contribution in [0, 0.1) is 58.2 Å². The van der Waals surface area contributed by atoms with Crippen LogP contribution in [0.25, 0.3) is 0 Å². The maximum absolute atomic E-state index is 13.1. The average molecular weight is 455 g/mol. The lowest BCUT2D eigenvalue weighted by Crippen LogP contribution is -2.64. The standard InChI is InChI=1S/C30H46O3/c1-5-22-11-12-25-24-16-21(17-33-23-9-7-6-8-10-23)28-20(3)27(32)15-19(2)30(28,18-31)26(24)13-14-29(22,25)4/h5,9,19-22,24-26,28,31H,1,6-8,10-18H2,2-4H3/t19-,20+,21-,22-,24-,25-,26-,28+,29+,30+/m0/s1. The third-order valence-electron chi connectivity index (χ3n) is 11.7. The van der Waals surface area contributed by atoms with Gasteiger partial charge in [-0.05, 0) is 104 Å². The van der Waals surface area contributed by atoms with Crippen molar-refractivity contribution >= 4 is 5.78 Å². The third kappa shape index (κ3) is 3.50. The number of aliphatic hydroxyl groups is 1. The molecule has 0 aromatic carbocycles. The van der Waals surface area contributed by atoms with Gasteiger partial charge in [0.2, 0.25) is 0 Å². The highest BCUT2D eigenvalue weighted by atomic mass is 16.5. The number of ketones is 1. The van der Waals surface area contributed by atoms with Gasteiger partial charge in [0.05, 0.1) is 12.4 Å². The second kappa shape index (κ2) is 8.85. The lowest BCUT2D eigenvalue weighted by molar-refractivity contribution is -0.202. The molecule has 0 radical (unpaired) electrons. The minimum Gasteiger partial charge on any atom is -0.498 e. The Balaban J connectivity index is 1.51. The van der Waals surface area contributed by atoms with Crippen LogP contribution in [-0.4, -0.2) is 24.1 Å². The zero-order valence-corrected chi connectivity index (χ0v) is 21.2. The Labute approximate surface area is 201 Å². The van der Waals surface area contributed by atoms with Crippen LogP contribution >= 0.6 is 0 Å². The number of hydrogen-bond donors (Lipinski definition) is 1. The van der Waals surface area contributed by atoms with E-state index in [9.17, 15) is 9.90 Å². The molecule has 0 unspecified atom stereocenters. The number of ether oxygens (including phenoxy) is 1. The van der Waals surface area contributed by atoms with Gasteiger partial charge in [-0.3, -0.25) is 4.79 Å². The molecule has 5 rings (SSSR count). The second-order valence-electron chi connectivity index (χ2n) is 12.7. The van der Waals surface area contributed by atoms with E-state index in [2.05, 4.69) is 39.5 Å². The van der Waals surface area contributed by atoms with E-state index in [1.807, 2.05) is 0 Å². The van der Waals surface area contributed by atoms with Gasteiger partial charge in [-0.25, -0.2) is 0 Å². The molecule has 0 amide bonds. The summed E-state index contributed by atoms with van der Waals surface area (Å²) in [6, 6.07) is 0. The summed E-state index contributed by atoms with van der Waals surface area (Å²) in [4.78, 5) is 13.1. The fraction of sp³-hybridized carbons (Fsp3) is 0.833. The molecule has 3 nitrogen and oxygen atoms in total. The van der Waals surface area contributed by atoms with Gasteiger partial charge in [0.25, 0.3) is 0 Å². The quantitative estimate of drug-likeness (QED) is 0.478. The molecule has 33 heavy (non-hydrogen) atoms. The van der Waals surface area contributed by atoms with Crippen molar-refractivity contribution in [1.29, 1.82) is 0 Å². The smallest absolute Gasteiger partial charge is 0.136 e. The van der Waals surface area contributed by atoms with Crippen LogP contribution in [0.4, 0.5) is 0 Å². The molecule has 0 heterocycles. The highest BCUT2D eigenvalue weighted by Gasteiger charge is 2.66. The van der Waals surface area contributed by atoms with Crippen molar-refractivity contribution in [3.8, 4) is 0 Å². The first-order chi connectivity index (χ1) is 15.9. The van der Waals surface area contributed by atoms with E-state index in [4.69, 9.17) is 4.74 Å². The summed E-state index contributed by atoms with van der Waals surface area (Å²) < 4.78 is 6.49. The van der Waals surface area contributed by atoms with Gasteiger partial charge >= 0.3 is 0 Å². The second-order valence-corrected chi connectivity index (χ2v) is 12.7. The monoisotopic (exact) mass is 454 g/mol. The van der Waals surface area contributed by atoms with Gasteiger partial charge in [0.15, 0.2) is 0 Å². The molecule has 0 aromatic rings. The van der Waals surface area contributed by atoms with Gasteiger partial charge in [-0.2, -0.15) is 0 Å². The molecular weight excluding hydrogens is 408 g/mol. The summed E-state index contributed by atoms with van der Waals surface area (Å²) in [6.07, 6.45) is 16.0. The van der Waals surface area contributed by atoms with Crippen LogP contribution in [0.3, 0.4) is 0 Å². The molecule has 4 fully saturated rings. The summed E-state index contributed by atoms with van der Waals surface area (Å²) in [7, 11) is 0. The predicted molar refractivity (Wildman–Crippen MR) is 132 cm³/mol. The van der Waals surface area contributed by atoms with Crippen LogP contribution in [0.5, 0.6) is 0 Å². The Kier molecular flexibility index (Phi) is 6.34. The number of aliphatic hydroxyl groups excluding tert-OH is 1. The zero-order valence-electron chi connectivity index (χ0n) is 21.2. The number of carbonyl (C=O) groups is 1. The predicted octanol–water partition coefficient (Wildman–Crippen LogP) is 6.57. The van der Waals surface area contributed by atoms with E-state index >= 15 is 0 Å². The van der Waals surface area contributed by atoms with Crippen molar-refractivity contribution in [3.63, 3.8) is 0 Å². The molecule has 0 saturated heterocycles. The van der Waals surface area contributed by atoms with E-state index in [1.165, 1.54) is 50.7 Å². The Bertz CT molecular complexity index is 800. The highest BCUT2D eigenvalue weighted by Crippen LogP contribution is 2.69. The number of Topliss-reactive ketones (excluding diaryl/α,β-unsaturated/α-hetero) is 1. The van der Waals surface area contributed by atoms with Crippen molar-refractivity contribution in [2.45, 2.75) is 85.0 Å². The summed E-state index contributed by atoms with van der Waals surface area (Å²) >= 11 is 0. The minimum atomic E-state index is -0.140. The molecule has 0 bridgehead atoms. The maximum Gasteiger partial charge on any atom is 0.136 e. The van der Waals surface area contributed by atoms with Crippen molar-refractivity contribution < 1.29 is 14.6 Å². The Morgan fingerprint density at radius 1 is 1.21 bits per heavy atom. The van der Waals surface area contributed by atoms with Crippen LogP contribution < -0.4 is 0 Å².